The molecule has 4 nitrogen and oxygen atoms in total. The second-order valence-corrected chi connectivity index (χ2v) is 10.3. The molecule has 0 atom stereocenters. The van der Waals surface area contributed by atoms with E-state index in [1.54, 1.807) is 0 Å². The number of aromatic nitrogens is 3. The minimum Gasteiger partial charge on any atom is -0.420 e. The van der Waals surface area contributed by atoms with Gasteiger partial charge in [-0.1, -0.05) is 82.3 Å². The lowest BCUT2D eigenvalue weighted by molar-refractivity contribution is -0.664. The van der Waals surface area contributed by atoms with Gasteiger partial charge in [0.05, 0.1) is 7.05 Å². The summed E-state index contributed by atoms with van der Waals surface area (Å²) in [6.45, 7) is 11.2. The minimum absolute atomic E-state index is 0.382. The molecule has 5 aromatic rings. The molecule has 0 spiro atoms. The molecule has 0 radical (unpaired) electrons. The smallest absolute Gasteiger partial charge is 0.330 e. The Kier molecular flexibility index (Phi) is 6.21. The van der Waals surface area contributed by atoms with E-state index in [1.807, 2.05) is 18.2 Å². The van der Waals surface area contributed by atoms with Gasteiger partial charge in [-0.15, -0.1) is 0 Å². The number of fused-ring (bicyclic) bond motifs is 1. The maximum atomic E-state index is 6.55. The van der Waals surface area contributed by atoms with Crippen molar-refractivity contribution < 1.29 is 9.30 Å². The summed E-state index contributed by atoms with van der Waals surface area (Å²) < 4.78 is 13.4. The molecule has 0 saturated heterocycles. The molecule has 0 unspecified atom stereocenters. The number of nitrogens with zero attached hydrogens (tertiary/aromatic N) is 3. The number of rotatable bonds is 6. The molecule has 0 fully saturated rings. The standard InChI is InChI=1S/C32H36N3O/c1-21(2)25-15-12-16-26(22(3)4)31(25)35-20-30(36-29-18-11-8-13-23(29)5)34(7)32(35)28-19-24-14-9-10-17-27(24)33(28)6/h8-22H,1-7H3/q+1. The molecule has 0 bridgehead atoms. The summed E-state index contributed by atoms with van der Waals surface area (Å²) in [5, 5.41) is 1.23. The Bertz CT molecular complexity index is 1530. The Morgan fingerprint density at radius 1 is 0.806 bits per heavy atom. The average Bonchev–Trinajstić information content (AvgIpc) is 3.36. The first-order valence-corrected chi connectivity index (χ1v) is 12.8. The fourth-order valence-corrected chi connectivity index (χ4v) is 5.16. The van der Waals surface area contributed by atoms with Crippen LogP contribution in [0, 0.1) is 6.92 Å². The van der Waals surface area contributed by atoms with Crippen LogP contribution in [0.4, 0.5) is 0 Å². The van der Waals surface area contributed by atoms with Crippen molar-refractivity contribution in [2.45, 2.75) is 46.5 Å². The lowest BCUT2D eigenvalue weighted by Crippen LogP contribution is -2.32. The highest BCUT2D eigenvalue weighted by atomic mass is 16.5. The second-order valence-electron chi connectivity index (χ2n) is 10.3. The van der Waals surface area contributed by atoms with Crippen molar-refractivity contribution in [2.75, 3.05) is 0 Å². The highest BCUT2D eigenvalue weighted by molar-refractivity contribution is 5.85. The quantitative estimate of drug-likeness (QED) is 0.228. The normalized spacial score (nSPS) is 11.7. The Morgan fingerprint density at radius 2 is 1.44 bits per heavy atom. The van der Waals surface area contributed by atoms with Gasteiger partial charge in [-0.25, -0.2) is 0 Å². The third-order valence-corrected chi connectivity index (χ3v) is 7.19. The zero-order chi connectivity index (χ0) is 25.6. The van der Waals surface area contributed by atoms with Crippen molar-refractivity contribution >= 4 is 10.9 Å². The Hall–Kier alpha value is -3.79. The molecule has 0 aliphatic rings. The number of imidazole rings is 1. The SMILES string of the molecule is Cc1ccccc1Oc1cn(-c2c(C(C)C)cccc2C(C)C)c(-c2cc3ccccc3n2C)[n+]1C. The predicted octanol–water partition coefficient (Wildman–Crippen LogP) is 7.81. The molecular weight excluding hydrogens is 442 g/mol. The van der Waals surface area contributed by atoms with Crippen molar-refractivity contribution in [3.05, 3.63) is 95.7 Å². The van der Waals surface area contributed by atoms with E-state index in [9.17, 15) is 0 Å². The van der Waals surface area contributed by atoms with E-state index in [1.165, 1.54) is 27.7 Å². The third kappa shape index (κ3) is 4.01. The molecule has 5 rings (SSSR count). The predicted molar refractivity (Wildman–Crippen MR) is 148 cm³/mol. The summed E-state index contributed by atoms with van der Waals surface area (Å²) in [6.07, 6.45) is 2.16. The van der Waals surface area contributed by atoms with Gasteiger partial charge in [-0.2, -0.15) is 9.13 Å². The van der Waals surface area contributed by atoms with Crippen LogP contribution < -0.4 is 9.30 Å². The van der Waals surface area contributed by atoms with Crippen molar-refractivity contribution in [3.63, 3.8) is 0 Å². The van der Waals surface area contributed by atoms with Gasteiger partial charge in [0.1, 0.15) is 17.1 Å². The fourth-order valence-electron chi connectivity index (χ4n) is 5.16. The van der Waals surface area contributed by atoms with E-state index >= 15 is 0 Å². The average molecular weight is 479 g/mol. The second kappa shape index (κ2) is 9.34. The fraction of sp³-hybridized carbons (Fsp3) is 0.281. The highest BCUT2D eigenvalue weighted by Gasteiger charge is 2.32. The molecule has 0 saturated carbocycles. The first-order chi connectivity index (χ1) is 17.3. The first kappa shape index (κ1) is 23.9. The van der Waals surface area contributed by atoms with Crippen LogP contribution in [0.3, 0.4) is 0 Å². The monoisotopic (exact) mass is 478 g/mol. The van der Waals surface area contributed by atoms with Crippen LogP contribution in [0.25, 0.3) is 28.1 Å². The zero-order valence-corrected chi connectivity index (χ0v) is 22.4. The van der Waals surface area contributed by atoms with E-state index in [0.717, 1.165) is 28.7 Å². The minimum atomic E-state index is 0.382. The van der Waals surface area contributed by atoms with Crippen LogP contribution in [0.1, 0.15) is 56.2 Å². The summed E-state index contributed by atoms with van der Waals surface area (Å²) in [5.41, 5.74) is 7.38. The lowest BCUT2D eigenvalue weighted by Gasteiger charge is -2.17. The molecule has 4 heteroatoms. The van der Waals surface area contributed by atoms with E-state index in [2.05, 4.69) is 123 Å². The van der Waals surface area contributed by atoms with Gasteiger partial charge in [0.25, 0.3) is 0 Å². The molecule has 3 aromatic carbocycles. The van der Waals surface area contributed by atoms with Gasteiger partial charge in [0.15, 0.2) is 6.20 Å². The van der Waals surface area contributed by atoms with Crippen LogP contribution in [0.5, 0.6) is 11.6 Å². The van der Waals surface area contributed by atoms with Gasteiger partial charge in [0, 0.05) is 29.1 Å². The molecule has 2 heterocycles. The van der Waals surface area contributed by atoms with Gasteiger partial charge >= 0.3 is 11.7 Å². The number of hydrogen-bond donors (Lipinski definition) is 0. The molecule has 0 aliphatic carbocycles. The summed E-state index contributed by atoms with van der Waals surface area (Å²) in [6, 6.07) is 25.7. The zero-order valence-electron chi connectivity index (χ0n) is 22.4. The van der Waals surface area contributed by atoms with Crippen molar-refractivity contribution in [2.24, 2.45) is 14.1 Å². The maximum absolute atomic E-state index is 6.55. The van der Waals surface area contributed by atoms with E-state index < -0.39 is 0 Å². The van der Waals surface area contributed by atoms with E-state index in [0.29, 0.717) is 11.8 Å². The molecule has 184 valence electrons. The number of aryl methyl sites for hydroxylation is 2. The van der Waals surface area contributed by atoms with Crippen LogP contribution in [0.15, 0.2) is 79.0 Å². The van der Waals surface area contributed by atoms with Gasteiger partial charge < -0.3 is 9.30 Å². The molecule has 0 N–H and O–H groups in total. The Balaban J connectivity index is 1.83. The Morgan fingerprint density at radius 3 is 2.08 bits per heavy atom. The maximum Gasteiger partial charge on any atom is 0.330 e. The lowest BCUT2D eigenvalue weighted by atomic mass is 9.92. The molecule has 0 amide bonds. The van der Waals surface area contributed by atoms with E-state index in [4.69, 9.17) is 4.74 Å². The topological polar surface area (TPSA) is 23.0 Å². The first-order valence-electron chi connectivity index (χ1n) is 12.8. The summed E-state index contributed by atoms with van der Waals surface area (Å²) in [4.78, 5) is 0. The highest BCUT2D eigenvalue weighted by Crippen LogP contribution is 2.37. The molecule has 2 aromatic heterocycles. The van der Waals surface area contributed by atoms with Crippen LogP contribution >= 0.6 is 0 Å². The number of hydrogen-bond acceptors (Lipinski definition) is 1. The van der Waals surface area contributed by atoms with Crippen molar-refractivity contribution in [1.82, 2.24) is 9.13 Å². The number of para-hydroxylation sites is 3. The Labute approximate surface area is 214 Å². The third-order valence-electron chi connectivity index (χ3n) is 7.19. The summed E-state index contributed by atoms with van der Waals surface area (Å²) in [7, 11) is 4.25. The van der Waals surface area contributed by atoms with Crippen LogP contribution in [0.2, 0.25) is 0 Å². The summed E-state index contributed by atoms with van der Waals surface area (Å²) in [5.74, 6) is 3.53. The van der Waals surface area contributed by atoms with Crippen LogP contribution in [-0.4, -0.2) is 9.13 Å². The van der Waals surface area contributed by atoms with Gasteiger partial charge in [-0.3, -0.25) is 0 Å². The number of benzene rings is 3. The van der Waals surface area contributed by atoms with Gasteiger partial charge in [-0.05, 0) is 42.5 Å². The van der Waals surface area contributed by atoms with Gasteiger partial charge in [0.2, 0.25) is 0 Å². The molecule has 0 aliphatic heterocycles. The largest absolute Gasteiger partial charge is 0.420 e. The molecular formula is C32H36N3O+. The number of ether oxygens (including phenoxy) is 1. The van der Waals surface area contributed by atoms with E-state index in [-0.39, 0.29) is 0 Å². The van der Waals surface area contributed by atoms with Crippen molar-refractivity contribution in [1.29, 1.82) is 0 Å². The van der Waals surface area contributed by atoms with Crippen molar-refractivity contribution in [3.8, 4) is 28.8 Å². The van der Waals surface area contributed by atoms with Crippen LogP contribution in [-0.2, 0) is 14.1 Å². The summed E-state index contributed by atoms with van der Waals surface area (Å²) >= 11 is 0. The molecule has 36 heavy (non-hydrogen) atoms.